The van der Waals surface area contributed by atoms with Crippen LogP contribution in [0, 0.1) is 0 Å². The molecule has 124 valence electrons. The maximum Gasteiger partial charge on any atom is 0.200 e. The van der Waals surface area contributed by atoms with Crippen LogP contribution in [0.3, 0.4) is 0 Å². The molecule has 0 atom stereocenters. The van der Waals surface area contributed by atoms with Gasteiger partial charge in [-0.05, 0) is 19.4 Å². The third-order valence-corrected chi connectivity index (χ3v) is 3.34. The van der Waals surface area contributed by atoms with Crippen LogP contribution < -0.4 is 14.9 Å². The summed E-state index contributed by atoms with van der Waals surface area (Å²) in [6, 6.07) is 3.50. The van der Waals surface area contributed by atoms with Gasteiger partial charge in [0.15, 0.2) is 0 Å². The van der Waals surface area contributed by atoms with E-state index >= 15 is 0 Å². The molecule has 23 heavy (non-hydrogen) atoms. The standard InChI is InChI=1S/C17H19NO3.C2H6/c1-5-7-11(6-2)13-10-18-14-8-12(20-3)9-15(21-4)16(14)17(13)19;1-2/h5-10H,1-4H3,(H,18,19);1-2H3/b7-5-,11-6+;. The summed E-state index contributed by atoms with van der Waals surface area (Å²) in [6.07, 6.45) is 7.45. The zero-order chi connectivity index (χ0) is 17.4. The van der Waals surface area contributed by atoms with Gasteiger partial charge in [0.2, 0.25) is 5.43 Å². The number of H-pyrrole nitrogens is 1. The Hall–Kier alpha value is -2.49. The fourth-order valence-corrected chi connectivity index (χ4v) is 2.30. The van der Waals surface area contributed by atoms with Crippen molar-refractivity contribution in [2.75, 3.05) is 14.2 Å². The van der Waals surface area contributed by atoms with Crippen molar-refractivity contribution in [1.82, 2.24) is 4.98 Å². The van der Waals surface area contributed by atoms with Crippen molar-refractivity contribution in [2.24, 2.45) is 0 Å². The van der Waals surface area contributed by atoms with Crippen molar-refractivity contribution in [3.8, 4) is 11.5 Å². The molecule has 0 unspecified atom stereocenters. The number of methoxy groups -OCH3 is 2. The summed E-state index contributed by atoms with van der Waals surface area (Å²) in [5, 5.41) is 0.527. The molecule has 0 amide bonds. The minimum absolute atomic E-state index is 0.0607. The Labute approximate surface area is 137 Å². The molecular formula is C19H25NO3. The zero-order valence-electron chi connectivity index (χ0n) is 14.7. The van der Waals surface area contributed by atoms with Gasteiger partial charge in [0.25, 0.3) is 0 Å². The van der Waals surface area contributed by atoms with Crippen molar-refractivity contribution < 1.29 is 9.47 Å². The van der Waals surface area contributed by atoms with Gasteiger partial charge in [0.1, 0.15) is 11.5 Å². The highest BCUT2D eigenvalue weighted by atomic mass is 16.5. The smallest absolute Gasteiger partial charge is 0.200 e. The third kappa shape index (κ3) is 3.83. The number of rotatable bonds is 4. The van der Waals surface area contributed by atoms with Crippen LogP contribution in [-0.4, -0.2) is 19.2 Å². The van der Waals surface area contributed by atoms with Gasteiger partial charge in [0.05, 0.1) is 25.1 Å². The number of allylic oxidation sites excluding steroid dienone is 4. The lowest BCUT2D eigenvalue weighted by Crippen LogP contribution is -2.10. The molecule has 0 radical (unpaired) electrons. The molecule has 0 aliphatic carbocycles. The number of nitrogens with one attached hydrogen (secondary N) is 1. The second-order valence-corrected chi connectivity index (χ2v) is 4.53. The minimum atomic E-state index is -0.0607. The van der Waals surface area contributed by atoms with E-state index in [1.54, 1.807) is 32.5 Å². The Balaban J connectivity index is 0.00000127. The second-order valence-electron chi connectivity index (χ2n) is 4.53. The first kappa shape index (κ1) is 18.6. The Morgan fingerprint density at radius 2 is 1.83 bits per heavy atom. The van der Waals surface area contributed by atoms with E-state index in [2.05, 4.69) is 4.98 Å². The number of hydrogen-bond donors (Lipinski definition) is 1. The molecule has 4 nitrogen and oxygen atoms in total. The molecule has 1 heterocycles. The number of benzene rings is 1. The molecule has 2 rings (SSSR count). The van der Waals surface area contributed by atoms with Crippen LogP contribution in [0.4, 0.5) is 0 Å². The fourth-order valence-electron chi connectivity index (χ4n) is 2.30. The van der Waals surface area contributed by atoms with Gasteiger partial charge in [-0.25, -0.2) is 0 Å². The van der Waals surface area contributed by atoms with E-state index in [0.29, 0.717) is 28.0 Å². The zero-order valence-corrected chi connectivity index (χ0v) is 14.7. The molecule has 1 N–H and O–H groups in total. The quantitative estimate of drug-likeness (QED) is 0.842. The SMILES string of the molecule is C/C=C\C(=C/C)c1c[nH]c2cc(OC)cc(OC)c2c1=O.CC. The Bertz CT molecular complexity index is 770. The van der Waals surface area contributed by atoms with E-state index in [0.717, 1.165) is 5.57 Å². The number of pyridine rings is 1. The van der Waals surface area contributed by atoms with E-state index in [9.17, 15) is 4.79 Å². The molecule has 0 saturated carbocycles. The van der Waals surface area contributed by atoms with Crippen LogP contribution in [0.5, 0.6) is 11.5 Å². The van der Waals surface area contributed by atoms with Gasteiger partial charge in [-0.1, -0.05) is 32.1 Å². The van der Waals surface area contributed by atoms with E-state index in [1.165, 1.54) is 0 Å². The molecule has 0 aliphatic heterocycles. The van der Waals surface area contributed by atoms with Crippen molar-refractivity contribution >= 4 is 16.5 Å². The highest BCUT2D eigenvalue weighted by Gasteiger charge is 2.13. The Kier molecular flexibility index (Phi) is 7.13. The van der Waals surface area contributed by atoms with Crippen LogP contribution >= 0.6 is 0 Å². The van der Waals surface area contributed by atoms with Gasteiger partial charge < -0.3 is 14.5 Å². The summed E-state index contributed by atoms with van der Waals surface area (Å²) in [6.45, 7) is 7.83. The summed E-state index contributed by atoms with van der Waals surface area (Å²) in [4.78, 5) is 15.9. The van der Waals surface area contributed by atoms with Crippen LogP contribution in [0.2, 0.25) is 0 Å². The van der Waals surface area contributed by atoms with Crippen LogP contribution in [-0.2, 0) is 0 Å². The second kappa shape index (κ2) is 8.83. The van der Waals surface area contributed by atoms with E-state index in [1.807, 2.05) is 45.9 Å². The molecule has 0 bridgehead atoms. The van der Waals surface area contributed by atoms with Gasteiger partial charge in [-0.15, -0.1) is 0 Å². The average molecular weight is 315 g/mol. The molecule has 1 aromatic heterocycles. The number of aromatic amines is 1. The maximum atomic E-state index is 12.8. The van der Waals surface area contributed by atoms with Crippen LogP contribution in [0.1, 0.15) is 33.3 Å². The summed E-state index contributed by atoms with van der Waals surface area (Å²) in [5.41, 5.74) is 2.12. The normalized spacial score (nSPS) is 11.3. The highest BCUT2D eigenvalue weighted by molar-refractivity contribution is 5.90. The molecule has 0 saturated heterocycles. The van der Waals surface area contributed by atoms with Crippen molar-refractivity contribution in [1.29, 1.82) is 0 Å². The predicted molar refractivity (Wildman–Crippen MR) is 97.5 cm³/mol. The van der Waals surface area contributed by atoms with Crippen molar-refractivity contribution in [3.63, 3.8) is 0 Å². The summed E-state index contributed by atoms with van der Waals surface area (Å²) in [5.74, 6) is 1.14. The fraction of sp³-hybridized carbons (Fsp3) is 0.316. The lowest BCUT2D eigenvalue weighted by Gasteiger charge is -2.10. The molecular weight excluding hydrogens is 290 g/mol. The number of hydrogen-bond acceptors (Lipinski definition) is 3. The highest BCUT2D eigenvalue weighted by Crippen LogP contribution is 2.28. The van der Waals surface area contributed by atoms with E-state index in [-0.39, 0.29) is 5.43 Å². The molecule has 4 heteroatoms. The minimum Gasteiger partial charge on any atom is -0.497 e. The van der Waals surface area contributed by atoms with Gasteiger partial charge in [-0.3, -0.25) is 4.79 Å². The summed E-state index contributed by atoms with van der Waals surface area (Å²) in [7, 11) is 3.12. The lowest BCUT2D eigenvalue weighted by molar-refractivity contribution is 0.397. The van der Waals surface area contributed by atoms with Gasteiger partial charge in [-0.2, -0.15) is 0 Å². The van der Waals surface area contributed by atoms with Crippen molar-refractivity contribution in [3.05, 3.63) is 52.3 Å². The van der Waals surface area contributed by atoms with E-state index in [4.69, 9.17) is 9.47 Å². The lowest BCUT2D eigenvalue weighted by atomic mass is 10.0. The number of aromatic nitrogens is 1. The molecule has 0 fully saturated rings. The number of fused-ring (bicyclic) bond motifs is 1. The first-order valence-electron chi connectivity index (χ1n) is 7.73. The third-order valence-electron chi connectivity index (χ3n) is 3.34. The molecule has 0 spiro atoms. The Morgan fingerprint density at radius 3 is 2.35 bits per heavy atom. The first-order chi connectivity index (χ1) is 11.2. The van der Waals surface area contributed by atoms with Crippen LogP contribution in [0.15, 0.2) is 41.4 Å². The molecule has 2 aromatic rings. The number of ether oxygens (including phenoxy) is 2. The van der Waals surface area contributed by atoms with Gasteiger partial charge in [0, 0.05) is 23.9 Å². The average Bonchev–Trinajstić information content (AvgIpc) is 2.61. The molecule has 1 aromatic carbocycles. The largest absolute Gasteiger partial charge is 0.497 e. The monoisotopic (exact) mass is 315 g/mol. The van der Waals surface area contributed by atoms with Crippen LogP contribution in [0.25, 0.3) is 16.5 Å². The maximum absolute atomic E-state index is 12.8. The summed E-state index contributed by atoms with van der Waals surface area (Å²) < 4.78 is 10.6. The predicted octanol–water partition coefficient (Wildman–Crippen LogP) is 4.55. The topological polar surface area (TPSA) is 51.3 Å². The van der Waals surface area contributed by atoms with Gasteiger partial charge >= 0.3 is 0 Å². The molecule has 0 aliphatic rings. The van der Waals surface area contributed by atoms with E-state index < -0.39 is 0 Å². The first-order valence-corrected chi connectivity index (χ1v) is 7.73. The Morgan fingerprint density at radius 1 is 1.13 bits per heavy atom. The van der Waals surface area contributed by atoms with Crippen molar-refractivity contribution in [2.45, 2.75) is 27.7 Å². The summed E-state index contributed by atoms with van der Waals surface area (Å²) >= 11 is 0.